The molecule has 0 amide bonds. The van der Waals surface area contributed by atoms with Crippen LogP contribution in [-0.2, 0) is 9.53 Å². The fourth-order valence-electron chi connectivity index (χ4n) is 2.81. The van der Waals surface area contributed by atoms with Gasteiger partial charge in [-0.3, -0.25) is 0 Å². The van der Waals surface area contributed by atoms with E-state index < -0.39 is 5.97 Å². The number of aliphatic imine (C=N–C) groups is 1. The summed E-state index contributed by atoms with van der Waals surface area (Å²) >= 11 is 1.11. The van der Waals surface area contributed by atoms with E-state index in [2.05, 4.69) is 4.99 Å². The fourth-order valence-corrected chi connectivity index (χ4v) is 3.84. The molecule has 1 aliphatic heterocycles. The summed E-state index contributed by atoms with van der Waals surface area (Å²) in [5, 5.41) is 21.2. The van der Waals surface area contributed by atoms with Crippen molar-refractivity contribution in [2.45, 2.75) is 13.8 Å². The summed E-state index contributed by atoms with van der Waals surface area (Å²) in [5.41, 5.74) is 0.999. The van der Waals surface area contributed by atoms with Gasteiger partial charge >= 0.3 is 5.97 Å². The zero-order valence-electron chi connectivity index (χ0n) is 17.4. The first kappa shape index (κ1) is 22.3. The number of benzene rings is 2. The number of aliphatic hydroxyl groups excluding tert-OH is 1. The van der Waals surface area contributed by atoms with Crippen LogP contribution < -0.4 is 9.47 Å². The molecule has 0 saturated heterocycles. The topological polar surface area (TPSA) is 97.6 Å². The van der Waals surface area contributed by atoms with Crippen LogP contribution in [0.5, 0.6) is 17.2 Å². The predicted octanol–water partition coefficient (Wildman–Crippen LogP) is 4.99. The van der Waals surface area contributed by atoms with Crippen LogP contribution in [0.4, 0.5) is 5.69 Å². The van der Waals surface area contributed by atoms with E-state index in [1.807, 2.05) is 6.92 Å². The number of aromatic hydroxyl groups is 1. The van der Waals surface area contributed by atoms with Crippen molar-refractivity contribution in [3.8, 4) is 17.2 Å². The third-order valence-electron chi connectivity index (χ3n) is 4.27. The lowest BCUT2D eigenvalue weighted by Gasteiger charge is -2.05. The molecule has 0 atom stereocenters. The number of carbonyl (C=O) groups is 1. The quantitative estimate of drug-likeness (QED) is 0.584. The summed E-state index contributed by atoms with van der Waals surface area (Å²) in [6, 6.07) is 11.8. The molecule has 0 saturated carbocycles. The minimum absolute atomic E-state index is 0.0105. The summed E-state index contributed by atoms with van der Waals surface area (Å²) in [7, 11) is 1.52. The zero-order chi connectivity index (χ0) is 22.4. The Hall–Kier alpha value is -3.39. The standard InChI is InChI=1S/C23H23NO6S/c1-4-29-16-8-6-15(7-9-16)24-22-20(23(27)30-5-2)21(26)19(31-22)13-14-12-17(28-3)10-11-18(14)25/h6-13,25-26H,4-5H2,1-3H3. The highest BCUT2D eigenvalue weighted by atomic mass is 32.2. The molecule has 0 unspecified atom stereocenters. The molecule has 162 valence electrons. The van der Waals surface area contributed by atoms with Crippen LogP contribution >= 0.6 is 11.8 Å². The number of nitrogens with zero attached hydrogens (tertiary/aromatic N) is 1. The SMILES string of the molecule is CCOC(=O)C1=C(O)C(=Cc2cc(OC)ccc2O)SC1=Nc1ccc(OCC)cc1. The van der Waals surface area contributed by atoms with Crippen LogP contribution in [0.1, 0.15) is 19.4 Å². The molecule has 31 heavy (non-hydrogen) atoms. The third kappa shape index (κ3) is 5.21. The molecule has 2 N–H and O–H groups in total. The van der Waals surface area contributed by atoms with Crippen LogP contribution in [0, 0.1) is 0 Å². The summed E-state index contributed by atoms with van der Waals surface area (Å²) in [5.74, 6) is 0.343. The fraction of sp³-hybridized carbons (Fsp3) is 0.217. The van der Waals surface area contributed by atoms with Gasteiger partial charge in [-0.2, -0.15) is 0 Å². The number of esters is 1. The molecule has 0 radical (unpaired) electrons. The van der Waals surface area contributed by atoms with Crippen molar-refractivity contribution in [1.82, 2.24) is 0 Å². The first-order valence-corrected chi connectivity index (χ1v) is 10.5. The zero-order valence-corrected chi connectivity index (χ0v) is 18.2. The van der Waals surface area contributed by atoms with Crippen LogP contribution in [0.2, 0.25) is 0 Å². The average Bonchev–Trinajstić information content (AvgIpc) is 3.06. The van der Waals surface area contributed by atoms with Crippen molar-refractivity contribution < 1.29 is 29.2 Å². The molecule has 0 spiro atoms. The van der Waals surface area contributed by atoms with E-state index in [0.717, 1.165) is 11.8 Å². The first-order valence-electron chi connectivity index (χ1n) is 9.66. The lowest BCUT2D eigenvalue weighted by molar-refractivity contribution is -0.138. The normalized spacial score (nSPS) is 16.1. The summed E-state index contributed by atoms with van der Waals surface area (Å²) in [4.78, 5) is 17.4. The highest BCUT2D eigenvalue weighted by Crippen LogP contribution is 2.41. The molecule has 0 aliphatic carbocycles. The monoisotopic (exact) mass is 441 g/mol. The smallest absolute Gasteiger partial charge is 0.344 e. The molecule has 7 nitrogen and oxygen atoms in total. The van der Waals surface area contributed by atoms with Gasteiger partial charge in [-0.15, -0.1) is 0 Å². The van der Waals surface area contributed by atoms with Crippen molar-refractivity contribution in [2.24, 2.45) is 4.99 Å². The molecule has 3 rings (SSSR count). The van der Waals surface area contributed by atoms with Gasteiger partial charge in [0.2, 0.25) is 0 Å². The number of phenolic OH excluding ortho intramolecular Hbond substituents is 1. The van der Waals surface area contributed by atoms with Gasteiger partial charge in [-0.05, 0) is 62.4 Å². The molecule has 1 heterocycles. The minimum Gasteiger partial charge on any atom is -0.507 e. The maximum atomic E-state index is 12.5. The highest BCUT2D eigenvalue weighted by molar-refractivity contribution is 8.18. The number of thioether (sulfide) groups is 1. The molecular weight excluding hydrogens is 418 g/mol. The van der Waals surface area contributed by atoms with Crippen LogP contribution in [0.25, 0.3) is 6.08 Å². The second-order valence-corrected chi connectivity index (χ2v) is 7.35. The van der Waals surface area contributed by atoms with Crippen LogP contribution in [0.3, 0.4) is 0 Å². The lowest BCUT2D eigenvalue weighted by atomic mass is 10.1. The van der Waals surface area contributed by atoms with E-state index in [0.29, 0.717) is 39.3 Å². The number of ether oxygens (including phenoxy) is 3. The van der Waals surface area contributed by atoms with Gasteiger partial charge in [0.25, 0.3) is 0 Å². The second kappa shape index (κ2) is 10.1. The lowest BCUT2D eigenvalue weighted by Crippen LogP contribution is -2.12. The van der Waals surface area contributed by atoms with E-state index >= 15 is 0 Å². The maximum absolute atomic E-state index is 12.5. The molecule has 2 aromatic carbocycles. The largest absolute Gasteiger partial charge is 0.507 e. The van der Waals surface area contributed by atoms with Crippen molar-refractivity contribution in [2.75, 3.05) is 20.3 Å². The third-order valence-corrected chi connectivity index (χ3v) is 5.29. The second-order valence-electron chi connectivity index (χ2n) is 6.32. The number of rotatable bonds is 7. The van der Waals surface area contributed by atoms with Crippen molar-refractivity contribution >= 4 is 34.5 Å². The molecule has 8 heteroatoms. The average molecular weight is 442 g/mol. The molecule has 2 aromatic rings. The van der Waals surface area contributed by atoms with E-state index in [9.17, 15) is 15.0 Å². The minimum atomic E-state index is -0.671. The van der Waals surface area contributed by atoms with Crippen LogP contribution in [-0.4, -0.2) is 41.5 Å². The Morgan fingerprint density at radius 2 is 1.77 bits per heavy atom. The van der Waals surface area contributed by atoms with Crippen molar-refractivity contribution in [3.63, 3.8) is 0 Å². The predicted molar refractivity (Wildman–Crippen MR) is 121 cm³/mol. The molecule has 0 aromatic heterocycles. The van der Waals surface area contributed by atoms with E-state index in [4.69, 9.17) is 14.2 Å². The van der Waals surface area contributed by atoms with Crippen molar-refractivity contribution in [1.29, 1.82) is 0 Å². The summed E-state index contributed by atoms with van der Waals surface area (Å²) < 4.78 is 15.7. The first-order chi connectivity index (χ1) is 15.0. The number of carbonyl (C=O) groups excluding carboxylic acids is 1. The van der Waals surface area contributed by atoms with Gasteiger partial charge in [-0.1, -0.05) is 11.8 Å². The van der Waals surface area contributed by atoms with Crippen molar-refractivity contribution in [3.05, 3.63) is 64.3 Å². The number of phenols is 1. The van der Waals surface area contributed by atoms with E-state index in [-0.39, 0.29) is 23.7 Å². The Morgan fingerprint density at radius 1 is 1.06 bits per heavy atom. The molecule has 0 fully saturated rings. The van der Waals surface area contributed by atoms with Gasteiger partial charge in [0.15, 0.2) is 0 Å². The number of hydrogen-bond donors (Lipinski definition) is 2. The highest BCUT2D eigenvalue weighted by Gasteiger charge is 2.33. The van der Waals surface area contributed by atoms with Crippen LogP contribution in [0.15, 0.2) is 63.7 Å². The summed E-state index contributed by atoms with van der Waals surface area (Å²) in [6.07, 6.45) is 1.57. The van der Waals surface area contributed by atoms with Gasteiger partial charge < -0.3 is 24.4 Å². The van der Waals surface area contributed by atoms with Gasteiger partial charge in [-0.25, -0.2) is 9.79 Å². The Morgan fingerprint density at radius 3 is 2.42 bits per heavy atom. The number of methoxy groups -OCH3 is 1. The summed E-state index contributed by atoms with van der Waals surface area (Å²) in [6.45, 7) is 4.30. The van der Waals surface area contributed by atoms with E-state index in [1.165, 1.54) is 13.2 Å². The number of hydrogen-bond acceptors (Lipinski definition) is 8. The maximum Gasteiger partial charge on any atom is 0.344 e. The van der Waals surface area contributed by atoms with E-state index in [1.54, 1.807) is 49.4 Å². The van der Waals surface area contributed by atoms with Gasteiger partial charge in [0.1, 0.15) is 33.6 Å². The number of aliphatic hydroxyl groups is 1. The molecular formula is C23H23NO6S. The Balaban J connectivity index is 2.02. The molecule has 0 bridgehead atoms. The Bertz CT molecular complexity index is 1060. The van der Waals surface area contributed by atoms with Gasteiger partial charge in [0, 0.05) is 5.56 Å². The Kier molecular flexibility index (Phi) is 7.25. The molecule has 1 aliphatic rings. The van der Waals surface area contributed by atoms with Gasteiger partial charge in [0.05, 0.1) is 30.9 Å². The Labute approximate surface area is 184 Å².